The van der Waals surface area contributed by atoms with Crippen LogP contribution < -0.4 is 10.1 Å². The number of halogens is 4. The van der Waals surface area contributed by atoms with Gasteiger partial charge >= 0.3 is 12.3 Å². The number of carboxylic acid groups (broad SMARTS) is 1. The van der Waals surface area contributed by atoms with Crippen molar-refractivity contribution < 1.29 is 32.6 Å². The van der Waals surface area contributed by atoms with E-state index in [-0.39, 0.29) is 41.8 Å². The Kier molecular flexibility index (Phi) is 9.42. The number of amides is 1. The van der Waals surface area contributed by atoms with E-state index in [1.54, 1.807) is 36.0 Å². The lowest BCUT2D eigenvalue weighted by molar-refractivity contribution is -0.274. The first kappa shape index (κ1) is 29.5. The summed E-state index contributed by atoms with van der Waals surface area (Å²) < 4.78 is 41.6. The number of alkyl halides is 3. The summed E-state index contributed by atoms with van der Waals surface area (Å²) in [6.07, 6.45) is -4.32. The van der Waals surface area contributed by atoms with Gasteiger partial charge in [-0.25, -0.2) is 0 Å². The third-order valence-corrected chi connectivity index (χ3v) is 7.84. The van der Waals surface area contributed by atoms with Crippen molar-refractivity contribution >= 4 is 40.3 Å². The molecule has 40 heavy (non-hydrogen) atoms. The van der Waals surface area contributed by atoms with Crippen LogP contribution >= 0.6 is 23.4 Å². The van der Waals surface area contributed by atoms with Crippen LogP contribution in [0.25, 0.3) is 0 Å². The van der Waals surface area contributed by atoms with Crippen molar-refractivity contribution in [1.82, 2.24) is 5.32 Å². The van der Waals surface area contributed by atoms with Crippen LogP contribution in [0.15, 0.2) is 77.8 Å². The van der Waals surface area contributed by atoms with Crippen molar-refractivity contribution in [2.24, 2.45) is 4.99 Å². The molecule has 3 aromatic rings. The lowest BCUT2D eigenvalue weighted by Gasteiger charge is -2.18. The average Bonchev–Trinajstić information content (AvgIpc) is 3.28. The summed E-state index contributed by atoms with van der Waals surface area (Å²) in [6, 6.07) is 20.2. The Bertz CT molecular complexity index is 1360. The number of hydrogen-bond donors (Lipinski definition) is 2. The van der Waals surface area contributed by atoms with Gasteiger partial charge in [0.25, 0.3) is 5.91 Å². The number of carbonyl (C=O) groups is 2. The molecule has 11 heteroatoms. The minimum atomic E-state index is -4.75. The fourth-order valence-electron chi connectivity index (χ4n) is 4.37. The lowest BCUT2D eigenvalue weighted by Crippen LogP contribution is -2.25. The quantitative estimate of drug-likeness (QED) is 0.264. The Morgan fingerprint density at radius 1 is 1.05 bits per heavy atom. The molecular weight excluding hydrogens is 565 g/mol. The Labute approximate surface area is 238 Å². The molecule has 1 amide bonds. The highest BCUT2D eigenvalue weighted by Crippen LogP contribution is 2.43. The standard InChI is InChI=1S/C29H26ClF3N2O4S/c1-17-26(20-8-12-23(13-9-20)39-29(31,32)33)35-28(40-17)24(19-6-10-22(30)11-7-19)16-18-2-4-21(5-3-18)27(38)34-15-14-25(36)37/h2-13,17,24,26H,14-16H2,1H3,(H,34,38)(H,36,37). The fourth-order valence-corrected chi connectivity index (χ4v) is 5.78. The zero-order valence-corrected chi connectivity index (χ0v) is 22.9. The minimum absolute atomic E-state index is 0.0447. The summed E-state index contributed by atoms with van der Waals surface area (Å²) in [6.45, 7) is 2.08. The molecule has 0 aliphatic carbocycles. The van der Waals surface area contributed by atoms with Gasteiger partial charge in [0.1, 0.15) is 5.75 Å². The van der Waals surface area contributed by atoms with Crippen LogP contribution in [0.4, 0.5) is 13.2 Å². The molecule has 0 fully saturated rings. The Morgan fingerprint density at radius 3 is 2.30 bits per heavy atom. The number of nitrogens with zero attached hydrogens (tertiary/aromatic N) is 1. The average molecular weight is 591 g/mol. The molecule has 3 atom stereocenters. The number of nitrogens with one attached hydrogen (secondary N) is 1. The van der Waals surface area contributed by atoms with Gasteiger partial charge in [-0.05, 0) is 59.5 Å². The van der Waals surface area contributed by atoms with Gasteiger partial charge in [-0.15, -0.1) is 24.9 Å². The van der Waals surface area contributed by atoms with Crippen LogP contribution in [0.5, 0.6) is 5.75 Å². The molecule has 0 radical (unpaired) electrons. The molecule has 0 aromatic heterocycles. The SMILES string of the molecule is CC1SC(C(Cc2ccc(C(=O)NCCC(=O)O)cc2)c2ccc(Cl)cc2)=NC1c1ccc(OC(F)(F)F)cc1. The fraction of sp³-hybridized carbons (Fsp3) is 0.276. The summed E-state index contributed by atoms with van der Waals surface area (Å²) in [5.74, 6) is -1.73. The predicted octanol–water partition coefficient (Wildman–Crippen LogP) is 7.04. The lowest BCUT2D eigenvalue weighted by atomic mass is 9.92. The van der Waals surface area contributed by atoms with Gasteiger partial charge in [-0.2, -0.15) is 0 Å². The predicted molar refractivity (Wildman–Crippen MR) is 149 cm³/mol. The van der Waals surface area contributed by atoms with Crippen molar-refractivity contribution in [3.8, 4) is 5.75 Å². The van der Waals surface area contributed by atoms with E-state index in [0.29, 0.717) is 17.0 Å². The summed E-state index contributed by atoms with van der Waals surface area (Å²) in [4.78, 5) is 28.0. The second-order valence-corrected chi connectivity index (χ2v) is 11.1. The first-order valence-corrected chi connectivity index (χ1v) is 13.7. The normalized spacial score (nSPS) is 17.7. The van der Waals surface area contributed by atoms with Gasteiger partial charge in [0.15, 0.2) is 0 Å². The number of benzene rings is 3. The Morgan fingerprint density at radius 2 is 1.70 bits per heavy atom. The Balaban J connectivity index is 1.54. The highest BCUT2D eigenvalue weighted by Gasteiger charge is 2.34. The number of hydrogen-bond acceptors (Lipinski definition) is 5. The number of thioether (sulfide) groups is 1. The van der Waals surface area contributed by atoms with Crippen LogP contribution in [0.1, 0.15) is 52.4 Å². The first-order chi connectivity index (χ1) is 19.0. The summed E-state index contributed by atoms with van der Waals surface area (Å²) in [5.41, 5.74) is 3.19. The van der Waals surface area contributed by atoms with Crippen LogP contribution in [0.3, 0.4) is 0 Å². The van der Waals surface area contributed by atoms with Gasteiger partial charge in [0.05, 0.1) is 17.5 Å². The molecule has 1 aliphatic heterocycles. The highest BCUT2D eigenvalue weighted by atomic mass is 35.5. The van der Waals surface area contributed by atoms with Crippen molar-refractivity contribution in [3.63, 3.8) is 0 Å². The van der Waals surface area contributed by atoms with E-state index in [1.807, 2.05) is 43.3 Å². The number of carbonyl (C=O) groups excluding carboxylic acids is 1. The molecule has 1 heterocycles. The molecule has 0 saturated carbocycles. The molecule has 3 aromatic carbocycles. The van der Waals surface area contributed by atoms with Crippen molar-refractivity contribution in [1.29, 1.82) is 0 Å². The third kappa shape index (κ3) is 8.02. The second kappa shape index (κ2) is 12.8. The molecule has 4 rings (SSSR count). The van der Waals surface area contributed by atoms with Crippen LogP contribution in [0.2, 0.25) is 5.02 Å². The number of carboxylic acids is 1. The largest absolute Gasteiger partial charge is 0.573 e. The molecule has 0 saturated heterocycles. The Hall–Kier alpha value is -3.50. The van der Waals surface area contributed by atoms with E-state index in [9.17, 15) is 22.8 Å². The van der Waals surface area contributed by atoms with Crippen LogP contribution in [-0.4, -0.2) is 40.2 Å². The molecule has 0 bridgehead atoms. The summed E-state index contributed by atoms with van der Waals surface area (Å²) in [5, 5.41) is 12.9. The van der Waals surface area contributed by atoms with Gasteiger partial charge in [0, 0.05) is 28.3 Å². The molecule has 1 aliphatic rings. The second-order valence-electron chi connectivity index (χ2n) is 9.26. The maximum absolute atomic E-state index is 12.6. The number of aliphatic imine (C=N–C) groups is 1. The topological polar surface area (TPSA) is 88.0 Å². The summed E-state index contributed by atoms with van der Waals surface area (Å²) >= 11 is 7.75. The van der Waals surface area contributed by atoms with Crippen molar-refractivity contribution in [3.05, 3.63) is 100 Å². The molecular formula is C29H26ClF3N2O4S. The zero-order valence-electron chi connectivity index (χ0n) is 21.3. The van der Waals surface area contributed by atoms with E-state index in [4.69, 9.17) is 21.7 Å². The first-order valence-electron chi connectivity index (χ1n) is 12.4. The van der Waals surface area contributed by atoms with E-state index in [2.05, 4.69) is 10.1 Å². The van der Waals surface area contributed by atoms with E-state index in [1.165, 1.54) is 12.1 Å². The summed E-state index contributed by atoms with van der Waals surface area (Å²) in [7, 11) is 0. The van der Waals surface area contributed by atoms with Crippen molar-refractivity contribution in [2.45, 2.75) is 43.3 Å². The van der Waals surface area contributed by atoms with E-state index >= 15 is 0 Å². The number of rotatable bonds is 10. The maximum Gasteiger partial charge on any atom is 0.573 e. The third-order valence-electron chi connectivity index (χ3n) is 6.32. The monoisotopic (exact) mass is 590 g/mol. The van der Waals surface area contributed by atoms with Crippen LogP contribution in [-0.2, 0) is 11.2 Å². The molecule has 0 spiro atoms. The highest BCUT2D eigenvalue weighted by molar-refractivity contribution is 8.14. The zero-order chi connectivity index (χ0) is 28.9. The van der Waals surface area contributed by atoms with Gasteiger partial charge in [-0.1, -0.05) is 54.9 Å². The van der Waals surface area contributed by atoms with Gasteiger partial charge in [0.2, 0.25) is 0 Å². The molecule has 210 valence electrons. The van der Waals surface area contributed by atoms with Crippen molar-refractivity contribution in [2.75, 3.05) is 6.54 Å². The number of aliphatic carboxylic acids is 1. The van der Waals surface area contributed by atoms with Gasteiger partial charge in [-0.3, -0.25) is 14.6 Å². The molecule has 2 N–H and O–H groups in total. The maximum atomic E-state index is 12.6. The molecule has 6 nitrogen and oxygen atoms in total. The van der Waals surface area contributed by atoms with E-state index in [0.717, 1.165) is 21.7 Å². The minimum Gasteiger partial charge on any atom is -0.481 e. The molecule has 3 unspecified atom stereocenters. The van der Waals surface area contributed by atoms with Crippen LogP contribution in [0, 0.1) is 0 Å². The van der Waals surface area contributed by atoms with Gasteiger partial charge < -0.3 is 15.2 Å². The van der Waals surface area contributed by atoms with E-state index < -0.39 is 12.3 Å². The smallest absolute Gasteiger partial charge is 0.481 e. The number of ether oxygens (including phenoxy) is 1.